The van der Waals surface area contributed by atoms with E-state index >= 15 is 9.59 Å². The minimum Gasteiger partial charge on any atom is -0.480 e. The molecular weight excluding hydrogens is 1120 g/mol. The molecule has 24 heteroatoms. The molecule has 0 aliphatic carbocycles. The SMILES string of the molecule is C[C@@H](O)[C@H](NC(=O)[C@H](CCCCN)N(C)C(=O)[C@@H](Cc1c[nH]c2ccccc12)N(C)C(=O)[C@H](Cc1cccnc1)NC(=O)[C@@H](CS)NC(=O)[C@@H](N)Cc1ccc(Cl)cc1)C(=O)N[C@@H](CS)C(=O)N[C@@H](Cc1ccc2ccccc2c1)C(=O)O. The minimum atomic E-state index is -1.71. The number of nitrogens with two attached hydrogens (primary N) is 2. The molecule has 6 rings (SSSR count). The van der Waals surface area contributed by atoms with Crippen LogP contribution in [0, 0.1) is 0 Å². The lowest BCUT2D eigenvalue weighted by Gasteiger charge is -2.36. The summed E-state index contributed by atoms with van der Waals surface area (Å²) in [7, 11) is 2.77. The molecule has 0 aliphatic heterocycles. The Labute approximate surface area is 497 Å². The number of rotatable bonds is 30. The van der Waals surface area contributed by atoms with E-state index in [1.54, 1.807) is 48.7 Å². The van der Waals surface area contributed by atoms with E-state index in [2.05, 4.69) is 61.8 Å². The molecule has 0 bridgehead atoms. The van der Waals surface area contributed by atoms with Gasteiger partial charge in [-0.25, -0.2) is 4.79 Å². The highest BCUT2D eigenvalue weighted by Gasteiger charge is 2.40. The van der Waals surface area contributed by atoms with Crippen LogP contribution in [0.4, 0.5) is 0 Å². The normalized spacial score (nSPS) is 14.6. The summed E-state index contributed by atoms with van der Waals surface area (Å²) >= 11 is 14.6. The number of nitrogens with one attached hydrogen (secondary N) is 6. The summed E-state index contributed by atoms with van der Waals surface area (Å²) in [6.07, 6.45) is 3.79. The molecule has 0 aliphatic rings. The molecule has 0 saturated carbocycles. The van der Waals surface area contributed by atoms with Gasteiger partial charge in [-0.3, -0.25) is 38.5 Å². The van der Waals surface area contributed by atoms with Crippen LogP contribution in [0.3, 0.4) is 0 Å². The molecule has 6 aromatic rings. The number of aliphatic carboxylic acids is 1. The van der Waals surface area contributed by atoms with Crippen molar-refractivity contribution in [1.82, 2.24) is 46.4 Å². The molecule has 2 heterocycles. The Hall–Kier alpha value is -7.54. The maximum atomic E-state index is 15.4. The number of unbranched alkanes of at least 4 members (excludes halogenated alkanes) is 1. The number of pyridine rings is 1. The number of carbonyl (C=O) groups is 8. The number of likely N-dealkylation sites (N-methyl/N-ethyl adjacent to an activating group) is 2. The standard InChI is InChI=1S/C59H72ClN11O10S2/c1-34(72)51(56(77)68-48(33-83)54(75)66-46(59(80)81)27-36-17-20-38-12-4-5-13-39(38)25-36)69-55(76)49(16-8-9-23-61)70(2)58(79)50(29-40-31-64-44-15-7-6-14-42(40)44)71(3)57(78)45(28-37-11-10-24-63-30-37)65-53(74)47(32-82)67-52(73)43(62)26-35-18-21-41(60)22-19-35/h4-7,10-15,17-22,24-25,30-31,34,43,45-51,64,72,82-83H,8-9,16,23,26-29,32-33,61-62H2,1-3H3,(H,65,74)(H,66,75)(H,67,73)(H,68,77)(H,69,76)(H,80,81)/t34-,43+,45+,46+,47-,48+,49+,50-,51+/m1/s1. The number of hydrogen-bond donors (Lipinski definition) is 12. The number of aliphatic hydroxyl groups excluding tert-OH is 1. The average Bonchev–Trinajstić information content (AvgIpc) is 4.10. The quantitative estimate of drug-likeness (QED) is 0.0228. The van der Waals surface area contributed by atoms with Crippen LogP contribution in [0.5, 0.6) is 0 Å². The lowest BCUT2D eigenvalue weighted by Crippen LogP contribution is -2.62. The fourth-order valence-electron chi connectivity index (χ4n) is 9.52. The Kier molecular flexibility index (Phi) is 24.3. The van der Waals surface area contributed by atoms with E-state index in [-0.39, 0.29) is 50.2 Å². The second kappa shape index (κ2) is 31.2. The first kappa shape index (κ1) is 64.6. The number of nitrogens with zero attached hydrogens (tertiary/aromatic N) is 3. The lowest BCUT2D eigenvalue weighted by molar-refractivity contribution is -0.149. The number of carboxylic acid groups (broad SMARTS) is 1. The van der Waals surface area contributed by atoms with Crippen molar-refractivity contribution in [1.29, 1.82) is 0 Å². The topological polar surface area (TPSA) is 324 Å². The molecule has 21 nitrogen and oxygen atoms in total. The Morgan fingerprint density at radius 2 is 1.24 bits per heavy atom. The number of amides is 7. The predicted octanol–water partition coefficient (Wildman–Crippen LogP) is 2.50. The molecule has 7 amide bonds. The van der Waals surface area contributed by atoms with Crippen molar-refractivity contribution in [3.05, 3.63) is 149 Å². The molecule has 12 N–H and O–H groups in total. The van der Waals surface area contributed by atoms with Crippen molar-refractivity contribution < 1.29 is 48.6 Å². The van der Waals surface area contributed by atoms with Crippen LogP contribution in [0.2, 0.25) is 5.02 Å². The summed E-state index contributed by atoms with van der Waals surface area (Å²) < 4.78 is 0. The molecule has 4 aromatic carbocycles. The number of halogens is 1. The number of thiol groups is 2. The zero-order valence-corrected chi connectivity index (χ0v) is 48.8. The third-order valence-corrected chi connectivity index (χ3v) is 15.3. The number of fused-ring (bicyclic) bond motifs is 2. The monoisotopic (exact) mass is 1190 g/mol. The van der Waals surface area contributed by atoms with Crippen molar-refractivity contribution in [2.75, 3.05) is 32.1 Å². The fraction of sp³-hybridized carbons (Fsp3) is 0.373. The van der Waals surface area contributed by atoms with Gasteiger partial charge in [0.15, 0.2) is 0 Å². The van der Waals surface area contributed by atoms with E-state index < -0.39 is 102 Å². The van der Waals surface area contributed by atoms with Gasteiger partial charge in [0, 0.05) is 79.4 Å². The van der Waals surface area contributed by atoms with Crippen LogP contribution >= 0.6 is 36.9 Å². The first-order valence-electron chi connectivity index (χ1n) is 27.0. The zero-order valence-electron chi connectivity index (χ0n) is 46.2. The lowest BCUT2D eigenvalue weighted by atomic mass is 9.99. The average molecular weight is 1190 g/mol. The number of benzene rings is 4. The number of H-pyrrole nitrogens is 1. The maximum absolute atomic E-state index is 15.4. The van der Waals surface area contributed by atoms with Gasteiger partial charge in [-0.05, 0) is 96.4 Å². The molecule has 0 fully saturated rings. The first-order valence-corrected chi connectivity index (χ1v) is 28.7. The smallest absolute Gasteiger partial charge is 0.326 e. The second-order valence-corrected chi connectivity index (χ2v) is 21.5. The van der Waals surface area contributed by atoms with Gasteiger partial charge in [-0.2, -0.15) is 25.3 Å². The van der Waals surface area contributed by atoms with Crippen LogP contribution in [-0.2, 0) is 64.0 Å². The van der Waals surface area contributed by atoms with Gasteiger partial charge in [-0.15, -0.1) is 0 Å². The van der Waals surface area contributed by atoms with Crippen LogP contribution < -0.4 is 38.1 Å². The van der Waals surface area contributed by atoms with Gasteiger partial charge in [0.25, 0.3) is 0 Å². The maximum Gasteiger partial charge on any atom is 0.326 e. The van der Waals surface area contributed by atoms with E-state index in [0.717, 1.165) is 32.1 Å². The molecule has 0 saturated heterocycles. The fourth-order valence-corrected chi connectivity index (χ4v) is 10.2. The van der Waals surface area contributed by atoms with Crippen LogP contribution in [0.25, 0.3) is 21.7 Å². The number of carbonyl (C=O) groups excluding carboxylic acids is 7. The Balaban J connectivity index is 1.24. The van der Waals surface area contributed by atoms with Crippen LogP contribution in [-0.4, -0.2) is 164 Å². The summed E-state index contributed by atoms with van der Waals surface area (Å²) in [5, 5.41) is 37.2. The molecule has 2 aromatic heterocycles. The van der Waals surface area contributed by atoms with Gasteiger partial charge in [-0.1, -0.05) is 90.5 Å². The summed E-state index contributed by atoms with van der Waals surface area (Å²) in [5.74, 6) is -7.44. The van der Waals surface area contributed by atoms with E-state index in [4.69, 9.17) is 23.1 Å². The number of hydrogen-bond acceptors (Lipinski definition) is 14. The van der Waals surface area contributed by atoms with E-state index in [1.165, 1.54) is 38.3 Å². The molecule has 83 heavy (non-hydrogen) atoms. The van der Waals surface area contributed by atoms with Gasteiger partial charge < -0.3 is 63.0 Å². The Morgan fingerprint density at radius 1 is 0.639 bits per heavy atom. The molecular formula is C59H72ClN11O10S2. The number of aromatic nitrogens is 2. The van der Waals surface area contributed by atoms with Gasteiger partial charge in [0.2, 0.25) is 41.4 Å². The summed E-state index contributed by atoms with van der Waals surface area (Å²) in [5.41, 5.74) is 15.4. The van der Waals surface area contributed by atoms with Gasteiger partial charge >= 0.3 is 5.97 Å². The van der Waals surface area contributed by atoms with Crippen molar-refractivity contribution in [2.24, 2.45) is 11.5 Å². The van der Waals surface area contributed by atoms with E-state index in [9.17, 15) is 39.0 Å². The molecule has 0 radical (unpaired) electrons. The minimum absolute atomic E-state index is 0.00618. The summed E-state index contributed by atoms with van der Waals surface area (Å²) in [6.45, 7) is 1.48. The summed E-state index contributed by atoms with van der Waals surface area (Å²) in [6, 6.07) is 19.5. The number of aliphatic hydroxyl groups is 1. The molecule has 442 valence electrons. The van der Waals surface area contributed by atoms with Crippen LogP contribution in [0.15, 0.2) is 122 Å². The Bertz CT molecular complexity index is 3210. The highest BCUT2D eigenvalue weighted by molar-refractivity contribution is 7.80. The largest absolute Gasteiger partial charge is 0.480 e. The summed E-state index contributed by atoms with van der Waals surface area (Å²) in [4.78, 5) is 123. The van der Waals surface area contributed by atoms with Gasteiger partial charge in [0.1, 0.15) is 42.3 Å². The van der Waals surface area contributed by atoms with Crippen molar-refractivity contribution in [2.45, 2.75) is 106 Å². The second-order valence-electron chi connectivity index (χ2n) is 20.3. The third kappa shape index (κ3) is 18.0. The molecule has 0 spiro atoms. The van der Waals surface area contributed by atoms with Crippen molar-refractivity contribution in [3.8, 4) is 0 Å². The third-order valence-electron chi connectivity index (χ3n) is 14.3. The number of carboxylic acids is 1. The molecule has 9 atom stereocenters. The zero-order chi connectivity index (χ0) is 60.3. The van der Waals surface area contributed by atoms with Crippen molar-refractivity contribution >= 4 is 106 Å². The van der Waals surface area contributed by atoms with E-state index in [0.29, 0.717) is 34.6 Å². The predicted molar refractivity (Wildman–Crippen MR) is 323 cm³/mol. The van der Waals surface area contributed by atoms with Crippen LogP contribution in [0.1, 0.15) is 48.4 Å². The first-order chi connectivity index (χ1) is 39.7. The van der Waals surface area contributed by atoms with Crippen molar-refractivity contribution in [3.63, 3.8) is 0 Å². The van der Waals surface area contributed by atoms with Gasteiger partial charge in [0.05, 0.1) is 12.1 Å². The highest BCUT2D eigenvalue weighted by atomic mass is 35.5. The highest BCUT2D eigenvalue weighted by Crippen LogP contribution is 2.24. The molecule has 0 unspecified atom stereocenters. The Morgan fingerprint density at radius 3 is 1.88 bits per heavy atom. The number of para-hydroxylation sites is 1. The van der Waals surface area contributed by atoms with E-state index in [1.807, 2.05) is 60.7 Å². The number of aromatic amines is 1.